The molecule has 227 valence electrons. The van der Waals surface area contributed by atoms with Gasteiger partial charge in [0.1, 0.15) is 0 Å². The van der Waals surface area contributed by atoms with Crippen molar-refractivity contribution in [2.45, 2.75) is 44.3 Å². The van der Waals surface area contributed by atoms with E-state index in [2.05, 4.69) is 138 Å². The maximum atomic E-state index is 10.7. The highest BCUT2D eigenvalue weighted by atomic mass is 16.5. The number of aliphatic hydroxyl groups is 1. The largest absolute Gasteiger partial charge is 0.427 e. The van der Waals surface area contributed by atoms with Crippen molar-refractivity contribution < 1.29 is 9.76 Å². The molecule has 1 aromatic heterocycles. The molecule has 7 aromatic rings. The van der Waals surface area contributed by atoms with Gasteiger partial charge in [0.2, 0.25) is 0 Å². The maximum absolute atomic E-state index is 10.7. The third kappa shape index (κ3) is 3.77. The number of nitrogens with zero attached hydrogens (tertiary/aromatic N) is 1. The third-order valence-corrected chi connectivity index (χ3v) is 10.9. The minimum absolute atomic E-state index is 0.402. The van der Waals surface area contributed by atoms with Crippen LogP contribution in [0, 0.1) is 0 Å². The summed E-state index contributed by atoms with van der Waals surface area (Å²) in [4.78, 5) is 0. The second kappa shape index (κ2) is 9.81. The lowest BCUT2D eigenvalue weighted by atomic mass is 9.70. The predicted molar refractivity (Wildman–Crippen MR) is 194 cm³/mol. The van der Waals surface area contributed by atoms with Gasteiger partial charge in [0.05, 0.1) is 27.7 Å². The van der Waals surface area contributed by atoms with Gasteiger partial charge in [-0.25, -0.2) is 0 Å². The van der Waals surface area contributed by atoms with Gasteiger partial charge in [0.25, 0.3) is 0 Å². The maximum Gasteiger partial charge on any atom is 0.330 e. The minimum atomic E-state index is -1.00. The summed E-state index contributed by atoms with van der Waals surface area (Å²) in [7, 11) is 1.78. The fourth-order valence-electron chi connectivity index (χ4n) is 7.98. The summed E-state index contributed by atoms with van der Waals surface area (Å²) in [5, 5.41) is 13.1. The van der Waals surface area contributed by atoms with Gasteiger partial charge in [0, 0.05) is 22.0 Å². The van der Waals surface area contributed by atoms with Crippen molar-refractivity contribution in [2.75, 3.05) is 0 Å². The molecule has 3 nitrogen and oxygen atoms in total. The van der Waals surface area contributed by atoms with E-state index in [4.69, 9.17) is 4.65 Å². The molecule has 2 aliphatic rings. The second-order valence-corrected chi connectivity index (χ2v) is 14.0. The van der Waals surface area contributed by atoms with Crippen molar-refractivity contribution in [3.05, 3.63) is 156 Å². The Hall–Kier alpha value is -4.90. The highest BCUT2D eigenvalue weighted by Crippen LogP contribution is 2.64. The average Bonchev–Trinajstić information content (AvgIpc) is 3.69. The number of hydrogen-bond acceptors (Lipinski definition) is 2. The van der Waals surface area contributed by atoms with Crippen LogP contribution in [0.1, 0.15) is 49.9 Å². The van der Waals surface area contributed by atoms with E-state index in [0.29, 0.717) is 0 Å². The summed E-state index contributed by atoms with van der Waals surface area (Å²) in [5.74, 6) is 0. The molecule has 47 heavy (non-hydrogen) atoms. The topological polar surface area (TPSA) is 34.4 Å². The van der Waals surface area contributed by atoms with Crippen LogP contribution in [-0.2, 0) is 10.1 Å². The minimum Gasteiger partial charge on any atom is -0.427 e. The summed E-state index contributed by atoms with van der Waals surface area (Å²) in [6.45, 7) is 7.39. The highest BCUT2D eigenvalue weighted by Gasteiger charge is 2.52. The lowest BCUT2D eigenvalue weighted by Gasteiger charge is -2.37. The van der Waals surface area contributed by atoms with Gasteiger partial charge in [-0.3, -0.25) is 0 Å². The Morgan fingerprint density at radius 3 is 1.81 bits per heavy atom. The van der Waals surface area contributed by atoms with E-state index in [1.54, 1.807) is 21.3 Å². The Morgan fingerprint density at radius 1 is 0.596 bits per heavy atom. The predicted octanol–water partition coefficient (Wildman–Crippen LogP) is 8.94. The summed E-state index contributed by atoms with van der Waals surface area (Å²) in [6.07, 6.45) is 0. The molecule has 0 atom stereocenters. The van der Waals surface area contributed by atoms with E-state index < -0.39 is 16.6 Å². The normalized spacial score (nSPS) is 14.3. The molecular weight excluding hydrogens is 573 g/mol. The number of aromatic nitrogens is 1. The fourth-order valence-corrected chi connectivity index (χ4v) is 7.98. The van der Waals surface area contributed by atoms with Crippen LogP contribution in [0.15, 0.2) is 133 Å². The van der Waals surface area contributed by atoms with Gasteiger partial charge in [-0.15, -0.1) is 0 Å². The van der Waals surface area contributed by atoms with E-state index in [9.17, 15) is 5.11 Å². The van der Waals surface area contributed by atoms with Crippen LogP contribution in [0.2, 0.25) is 0 Å². The van der Waals surface area contributed by atoms with Gasteiger partial charge in [-0.2, -0.15) is 0 Å². The SMILES string of the molecule is CC(C)(O)C(C)(C)O[B]c1ccc2c(c1)c1ccc3c(c1n2-c1ccccc1)-c1ccccc1C31c2ccccc2-c2ccccc21. The van der Waals surface area contributed by atoms with Gasteiger partial charge >= 0.3 is 7.48 Å². The number of hydrogen-bond donors (Lipinski definition) is 1. The molecule has 1 radical (unpaired) electrons. The van der Waals surface area contributed by atoms with Crippen LogP contribution in [0.5, 0.6) is 0 Å². The Bertz CT molecular complexity index is 2330. The van der Waals surface area contributed by atoms with Gasteiger partial charge in [-0.1, -0.05) is 121 Å². The Morgan fingerprint density at radius 2 is 1.17 bits per heavy atom. The van der Waals surface area contributed by atoms with E-state index in [1.165, 1.54) is 55.4 Å². The lowest BCUT2D eigenvalue weighted by Crippen LogP contribution is -2.49. The number of para-hydroxylation sites is 1. The Labute approximate surface area is 276 Å². The molecular formula is C43H35BNO2. The highest BCUT2D eigenvalue weighted by molar-refractivity contribution is 6.47. The second-order valence-electron chi connectivity index (χ2n) is 14.0. The fraction of sp³-hybridized carbons (Fsp3) is 0.163. The Balaban J connectivity index is 1.37. The molecule has 4 heteroatoms. The number of rotatable bonds is 5. The molecule has 9 rings (SSSR count). The van der Waals surface area contributed by atoms with Gasteiger partial charge in [0.15, 0.2) is 0 Å². The third-order valence-electron chi connectivity index (χ3n) is 10.9. The van der Waals surface area contributed by atoms with Crippen molar-refractivity contribution in [2.24, 2.45) is 0 Å². The van der Waals surface area contributed by atoms with E-state index >= 15 is 0 Å². The van der Waals surface area contributed by atoms with Crippen LogP contribution in [0.3, 0.4) is 0 Å². The molecule has 0 unspecified atom stereocenters. The molecule has 1 heterocycles. The molecule has 0 saturated carbocycles. The first-order valence-electron chi connectivity index (χ1n) is 16.4. The van der Waals surface area contributed by atoms with Crippen LogP contribution in [-0.4, -0.2) is 28.4 Å². The Kier molecular flexibility index (Phi) is 5.91. The van der Waals surface area contributed by atoms with Crippen LogP contribution < -0.4 is 5.46 Å². The zero-order valence-electron chi connectivity index (χ0n) is 27.1. The average molecular weight is 609 g/mol. The number of benzene rings is 6. The number of fused-ring (bicyclic) bond motifs is 14. The standard InChI is InChI=1S/C43H35BNO2/c1-41(2,46)42(3,4)47-44-27-22-25-38-33(26-27)31-23-24-37-39(40(31)45(38)28-14-6-5-7-15-28)32-18-10-13-21-36(32)43(37)34-19-11-8-16-29(34)30-17-9-12-20-35(30)43/h5-26,46H,1-4H3. The monoisotopic (exact) mass is 608 g/mol. The molecule has 0 bridgehead atoms. The molecule has 1 spiro atoms. The van der Waals surface area contributed by atoms with E-state index in [-0.39, 0.29) is 0 Å². The first-order chi connectivity index (χ1) is 22.7. The van der Waals surface area contributed by atoms with Crippen molar-refractivity contribution in [1.82, 2.24) is 4.57 Å². The first kappa shape index (κ1) is 28.3. The zero-order chi connectivity index (χ0) is 32.1. The van der Waals surface area contributed by atoms with Crippen LogP contribution >= 0.6 is 0 Å². The van der Waals surface area contributed by atoms with Gasteiger partial charge < -0.3 is 14.3 Å². The molecule has 6 aromatic carbocycles. The van der Waals surface area contributed by atoms with Crippen molar-refractivity contribution in [3.8, 4) is 27.9 Å². The van der Waals surface area contributed by atoms with Crippen molar-refractivity contribution in [1.29, 1.82) is 0 Å². The first-order valence-corrected chi connectivity index (χ1v) is 16.4. The van der Waals surface area contributed by atoms with Crippen LogP contribution in [0.4, 0.5) is 0 Å². The molecule has 0 aliphatic heterocycles. The molecule has 0 fully saturated rings. The summed E-state index contributed by atoms with van der Waals surface area (Å²) in [6, 6.07) is 48.9. The van der Waals surface area contributed by atoms with Crippen molar-refractivity contribution >= 4 is 34.8 Å². The smallest absolute Gasteiger partial charge is 0.330 e. The molecule has 0 amide bonds. The molecule has 2 aliphatic carbocycles. The quantitative estimate of drug-likeness (QED) is 0.198. The summed E-state index contributed by atoms with van der Waals surface area (Å²) in [5.41, 5.74) is 12.8. The molecule has 1 N–H and O–H groups in total. The van der Waals surface area contributed by atoms with Crippen molar-refractivity contribution in [3.63, 3.8) is 0 Å². The van der Waals surface area contributed by atoms with E-state index in [1.807, 2.05) is 13.8 Å². The molecule has 0 saturated heterocycles. The lowest BCUT2D eigenvalue weighted by molar-refractivity contribution is -0.0893. The van der Waals surface area contributed by atoms with Gasteiger partial charge in [-0.05, 0) is 84.8 Å². The summed E-state index contributed by atoms with van der Waals surface area (Å²) < 4.78 is 8.64. The van der Waals surface area contributed by atoms with Crippen LogP contribution in [0.25, 0.3) is 49.7 Å². The summed E-state index contributed by atoms with van der Waals surface area (Å²) >= 11 is 0. The zero-order valence-corrected chi connectivity index (χ0v) is 27.1. The van der Waals surface area contributed by atoms with E-state index in [0.717, 1.165) is 22.1 Å².